The van der Waals surface area contributed by atoms with E-state index in [0.717, 1.165) is 5.56 Å². The molecule has 10 heteroatoms. The molecule has 1 aliphatic rings. The van der Waals surface area contributed by atoms with Crippen LogP contribution >= 0.6 is 0 Å². The zero-order valence-electron chi connectivity index (χ0n) is 22.2. The maximum absolute atomic E-state index is 13.6. The van der Waals surface area contributed by atoms with Crippen molar-refractivity contribution in [1.29, 1.82) is 0 Å². The SMILES string of the molecule is COCCN(CC(=O)N1N=C(c2ccc(F)cc2)C[C@H]1c1ccc(OC)c(OC)c1)C(=O)NC(C)(C)C. The highest BCUT2D eigenvalue weighted by atomic mass is 19.1. The van der Waals surface area contributed by atoms with Crippen LogP contribution < -0.4 is 14.8 Å². The molecular weight excluding hydrogens is 479 g/mol. The van der Waals surface area contributed by atoms with E-state index in [-0.39, 0.29) is 37.5 Å². The fourth-order valence-electron chi connectivity index (χ4n) is 3.97. The summed E-state index contributed by atoms with van der Waals surface area (Å²) in [7, 11) is 4.63. The van der Waals surface area contributed by atoms with Gasteiger partial charge in [0, 0.05) is 25.6 Å². The second kappa shape index (κ2) is 12.1. The number of ether oxygens (including phenoxy) is 3. The zero-order valence-corrected chi connectivity index (χ0v) is 22.2. The second-order valence-corrected chi connectivity index (χ2v) is 9.72. The van der Waals surface area contributed by atoms with Gasteiger partial charge in [-0.15, -0.1) is 0 Å². The van der Waals surface area contributed by atoms with E-state index in [0.29, 0.717) is 29.2 Å². The Morgan fingerprint density at radius 2 is 1.76 bits per heavy atom. The van der Waals surface area contributed by atoms with Crippen LogP contribution in [0.4, 0.5) is 9.18 Å². The molecule has 1 heterocycles. The van der Waals surface area contributed by atoms with Crippen molar-refractivity contribution in [2.45, 2.75) is 38.8 Å². The zero-order chi connectivity index (χ0) is 27.2. The first-order valence-electron chi connectivity index (χ1n) is 12.0. The van der Waals surface area contributed by atoms with Gasteiger partial charge in [-0.05, 0) is 56.2 Å². The van der Waals surface area contributed by atoms with Crippen molar-refractivity contribution in [2.75, 3.05) is 41.0 Å². The maximum Gasteiger partial charge on any atom is 0.318 e. The first-order chi connectivity index (χ1) is 17.6. The fourth-order valence-corrected chi connectivity index (χ4v) is 3.97. The lowest BCUT2D eigenvalue weighted by molar-refractivity contribution is -0.133. The van der Waals surface area contributed by atoms with E-state index >= 15 is 0 Å². The van der Waals surface area contributed by atoms with Crippen molar-refractivity contribution in [3.63, 3.8) is 0 Å². The minimum Gasteiger partial charge on any atom is -0.493 e. The summed E-state index contributed by atoms with van der Waals surface area (Å²) in [6.07, 6.45) is 0.402. The highest BCUT2D eigenvalue weighted by molar-refractivity contribution is 6.03. The largest absolute Gasteiger partial charge is 0.493 e. The second-order valence-electron chi connectivity index (χ2n) is 9.72. The van der Waals surface area contributed by atoms with Crippen LogP contribution in [0.25, 0.3) is 0 Å². The summed E-state index contributed by atoms with van der Waals surface area (Å²) in [4.78, 5) is 28.0. The minimum atomic E-state index is -0.477. The summed E-state index contributed by atoms with van der Waals surface area (Å²) in [5, 5.41) is 8.91. The van der Waals surface area contributed by atoms with E-state index in [1.54, 1.807) is 32.4 Å². The molecule has 1 N–H and O–H groups in total. The third kappa shape index (κ3) is 7.19. The molecule has 9 nitrogen and oxygen atoms in total. The van der Waals surface area contributed by atoms with Gasteiger partial charge in [-0.1, -0.05) is 18.2 Å². The van der Waals surface area contributed by atoms with Crippen molar-refractivity contribution in [1.82, 2.24) is 15.2 Å². The Kier molecular flexibility index (Phi) is 9.09. The van der Waals surface area contributed by atoms with Gasteiger partial charge in [-0.3, -0.25) is 4.79 Å². The van der Waals surface area contributed by atoms with Crippen LogP contribution in [0.15, 0.2) is 47.6 Å². The molecule has 0 saturated heterocycles. The topological polar surface area (TPSA) is 92.7 Å². The predicted molar refractivity (Wildman–Crippen MR) is 138 cm³/mol. The Bertz CT molecular complexity index is 1130. The fraction of sp³-hybridized carbons (Fsp3) is 0.444. The van der Waals surface area contributed by atoms with E-state index in [9.17, 15) is 14.0 Å². The number of urea groups is 1. The quantitative estimate of drug-likeness (QED) is 0.547. The lowest BCUT2D eigenvalue weighted by atomic mass is 9.98. The maximum atomic E-state index is 13.6. The van der Waals surface area contributed by atoms with E-state index in [1.165, 1.54) is 29.2 Å². The predicted octanol–water partition coefficient (Wildman–Crippen LogP) is 3.98. The number of amides is 3. The molecule has 3 amide bonds. The number of nitrogens with one attached hydrogen (secondary N) is 1. The van der Waals surface area contributed by atoms with Crippen LogP contribution in [-0.4, -0.2) is 74.1 Å². The number of hydrazone groups is 1. The molecule has 0 aromatic heterocycles. The van der Waals surface area contributed by atoms with E-state index in [1.807, 2.05) is 32.9 Å². The van der Waals surface area contributed by atoms with Crippen molar-refractivity contribution >= 4 is 17.6 Å². The van der Waals surface area contributed by atoms with Crippen molar-refractivity contribution in [3.05, 3.63) is 59.4 Å². The summed E-state index contributed by atoms with van der Waals surface area (Å²) >= 11 is 0. The van der Waals surface area contributed by atoms with Crippen LogP contribution in [0.1, 0.15) is 44.4 Å². The molecule has 0 bridgehead atoms. The average molecular weight is 515 g/mol. The van der Waals surface area contributed by atoms with Gasteiger partial charge in [-0.2, -0.15) is 5.10 Å². The molecule has 2 aromatic carbocycles. The van der Waals surface area contributed by atoms with Crippen LogP contribution in [0.2, 0.25) is 0 Å². The Balaban J connectivity index is 1.94. The molecule has 0 fully saturated rings. The molecule has 3 rings (SSSR count). The molecule has 0 aliphatic carbocycles. The number of hydrogen-bond donors (Lipinski definition) is 1. The van der Waals surface area contributed by atoms with Gasteiger partial charge < -0.3 is 24.4 Å². The van der Waals surface area contributed by atoms with Gasteiger partial charge >= 0.3 is 6.03 Å². The molecular formula is C27H35FN4O5. The number of halogens is 1. The van der Waals surface area contributed by atoms with Crippen molar-refractivity contribution < 1.29 is 28.2 Å². The Labute approximate surface area is 217 Å². The van der Waals surface area contributed by atoms with Gasteiger partial charge in [0.2, 0.25) is 0 Å². The molecule has 2 aromatic rings. The summed E-state index contributed by atoms with van der Waals surface area (Å²) in [6, 6.07) is 10.6. The summed E-state index contributed by atoms with van der Waals surface area (Å²) in [5.74, 6) is 0.364. The standard InChI is InChI=1S/C27H35FN4O5/c1-27(2,3)29-26(34)31(13-14-35-4)17-25(33)32-22(19-9-12-23(36-5)24(15-19)37-6)16-21(30-32)18-7-10-20(28)11-8-18/h7-12,15,22H,13-14,16-17H2,1-6H3,(H,29,34)/t22-/m0/s1. The van der Waals surface area contributed by atoms with Gasteiger partial charge in [0.25, 0.3) is 5.91 Å². The molecule has 200 valence electrons. The summed E-state index contributed by atoms with van der Waals surface area (Å²) in [5.41, 5.74) is 1.66. The highest BCUT2D eigenvalue weighted by Gasteiger charge is 2.35. The first-order valence-corrected chi connectivity index (χ1v) is 12.0. The molecule has 1 atom stereocenters. The summed E-state index contributed by atoms with van der Waals surface area (Å²) < 4.78 is 29.5. The van der Waals surface area contributed by atoms with Gasteiger partial charge in [0.1, 0.15) is 12.4 Å². The smallest absolute Gasteiger partial charge is 0.318 e. The first kappa shape index (κ1) is 27.9. The number of carbonyl (C=O) groups excluding carboxylic acids is 2. The Morgan fingerprint density at radius 3 is 2.35 bits per heavy atom. The average Bonchev–Trinajstić information content (AvgIpc) is 3.31. The molecule has 0 saturated carbocycles. The number of benzene rings is 2. The molecule has 1 aliphatic heterocycles. The van der Waals surface area contributed by atoms with Crippen LogP contribution in [-0.2, 0) is 9.53 Å². The Morgan fingerprint density at radius 1 is 1.08 bits per heavy atom. The number of carbonyl (C=O) groups is 2. The lowest BCUT2D eigenvalue weighted by Crippen LogP contribution is -2.52. The van der Waals surface area contributed by atoms with Crippen molar-refractivity contribution in [2.24, 2.45) is 5.10 Å². The third-order valence-corrected chi connectivity index (χ3v) is 5.80. The normalized spacial score (nSPS) is 15.3. The number of hydrogen-bond acceptors (Lipinski definition) is 6. The van der Waals surface area contributed by atoms with Gasteiger partial charge in [-0.25, -0.2) is 14.2 Å². The van der Waals surface area contributed by atoms with Crippen LogP contribution in [0.3, 0.4) is 0 Å². The molecule has 0 spiro atoms. The molecule has 0 unspecified atom stereocenters. The number of rotatable bonds is 9. The van der Waals surface area contributed by atoms with Crippen molar-refractivity contribution in [3.8, 4) is 11.5 Å². The van der Waals surface area contributed by atoms with E-state index < -0.39 is 11.6 Å². The third-order valence-electron chi connectivity index (χ3n) is 5.80. The van der Waals surface area contributed by atoms with Gasteiger partial charge in [0.15, 0.2) is 11.5 Å². The van der Waals surface area contributed by atoms with Gasteiger partial charge in [0.05, 0.1) is 32.6 Å². The van der Waals surface area contributed by atoms with E-state index in [2.05, 4.69) is 10.4 Å². The summed E-state index contributed by atoms with van der Waals surface area (Å²) in [6.45, 7) is 5.91. The highest BCUT2D eigenvalue weighted by Crippen LogP contribution is 2.37. The number of nitrogens with zero attached hydrogens (tertiary/aromatic N) is 3. The van der Waals surface area contributed by atoms with Crippen LogP contribution in [0.5, 0.6) is 11.5 Å². The Hall–Kier alpha value is -3.66. The van der Waals surface area contributed by atoms with E-state index in [4.69, 9.17) is 14.2 Å². The molecule has 0 radical (unpaired) electrons. The minimum absolute atomic E-state index is 0.199. The number of methoxy groups -OCH3 is 3. The lowest BCUT2D eigenvalue weighted by Gasteiger charge is -2.30. The van der Waals surface area contributed by atoms with Crippen LogP contribution in [0, 0.1) is 5.82 Å². The monoisotopic (exact) mass is 514 g/mol. The molecule has 37 heavy (non-hydrogen) atoms.